The molecule has 0 aromatic heterocycles. The Morgan fingerprint density at radius 1 is 1.10 bits per heavy atom. The van der Waals surface area contributed by atoms with Crippen LogP contribution in [0.15, 0.2) is 42.5 Å². The lowest BCUT2D eigenvalue weighted by Gasteiger charge is -2.34. The number of aromatic carboxylic acids is 1. The summed E-state index contributed by atoms with van der Waals surface area (Å²) in [5.74, 6) is -1.22. The highest BCUT2D eigenvalue weighted by Gasteiger charge is 2.20. The minimum Gasteiger partial charge on any atom is -0.478 e. The summed E-state index contributed by atoms with van der Waals surface area (Å²) in [5.41, 5.74) is 9.68. The molecule has 6 heteroatoms. The molecule has 1 amide bonds. The first-order valence-corrected chi connectivity index (χ1v) is 10.1. The molecule has 0 bridgehead atoms. The van der Waals surface area contributed by atoms with Gasteiger partial charge in [0.05, 0.1) is 5.56 Å². The summed E-state index contributed by atoms with van der Waals surface area (Å²) in [5, 5.41) is 8.95. The second-order valence-electron chi connectivity index (χ2n) is 6.57. The Morgan fingerprint density at radius 3 is 2.03 bits per heavy atom. The van der Waals surface area contributed by atoms with E-state index in [9.17, 15) is 9.59 Å². The summed E-state index contributed by atoms with van der Waals surface area (Å²) in [6.45, 7) is 9.00. The van der Waals surface area contributed by atoms with E-state index in [4.69, 9.17) is 9.90 Å². The summed E-state index contributed by atoms with van der Waals surface area (Å²) in [6.07, 6.45) is 3.02. The number of carbonyl (C=O) groups excluding carboxylic acids is 2. The first kappa shape index (κ1) is 26.9. The van der Waals surface area contributed by atoms with Crippen LogP contribution in [0.4, 0.5) is 5.69 Å². The summed E-state index contributed by atoms with van der Waals surface area (Å²) in [4.78, 5) is 31.3. The third-order valence-corrected chi connectivity index (χ3v) is 4.42. The van der Waals surface area contributed by atoms with E-state index < -0.39 is 5.97 Å². The Kier molecular flexibility index (Phi) is 12.5. The lowest BCUT2D eigenvalue weighted by molar-refractivity contribution is -0.116. The minimum absolute atomic E-state index is 0.324. The number of carbonyl (C=O) groups is 3. The van der Waals surface area contributed by atoms with Crippen LogP contribution in [0.2, 0.25) is 0 Å². The molecule has 2 aromatic carbocycles. The number of rotatable bonds is 2. The number of amides is 1. The number of hydrogen-bond acceptors (Lipinski definition) is 4. The van der Waals surface area contributed by atoms with Gasteiger partial charge in [-0.2, -0.15) is 0 Å². The number of carboxylic acids is 1. The first-order chi connectivity index (χ1) is 14.2. The topological polar surface area (TPSA) is 101 Å². The van der Waals surface area contributed by atoms with Gasteiger partial charge in [-0.05, 0) is 67.6 Å². The normalized spacial score (nSPS) is 13.7. The maximum absolute atomic E-state index is 10.9. The van der Waals surface area contributed by atoms with Crippen molar-refractivity contribution < 1.29 is 19.5 Å². The van der Waals surface area contributed by atoms with Gasteiger partial charge >= 0.3 is 5.97 Å². The van der Waals surface area contributed by atoms with Gasteiger partial charge in [0.2, 0.25) is 5.91 Å². The van der Waals surface area contributed by atoms with Crippen LogP contribution in [0.5, 0.6) is 0 Å². The second-order valence-corrected chi connectivity index (χ2v) is 6.57. The Labute approximate surface area is 179 Å². The van der Waals surface area contributed by atoms with Gasteiger partial charge in [0.25, 0.3) is 0 Å². The van der Waals surface area contributed by atoms with E-state index in [1.807, 2.05) is 26.0 Å². The number of hydrogen-bond donors (Lipinski definition) is 2. The molecule has 0 fully saturated rings. The molecule has 1 aliphatic heterocycles. The zero-order valence-corrected chi connectivity index (χ0v) is 18.8. The first-order valence-electron chi connectivity index (χ1n) is 10.1. The SMILES string of the molecule is CC.CC(N)=O.CC=O.C[C@H]1CCc2cc(-c3ccc(C(=O)O)cc3)ccc2N1C. The fourth-order valence-electron chi connectivity index (χ4n) is 2.91. The van der Waals surface area contributed by atoms with Crippen molar-refractivity contribution in [3.05, 3.63) is 53.6 Å². The van der Waals surface area contributed by atoms with Gasteiger partial charge in [0, 0.05) is 25.7 Å². The molecule has 3 rings (SSSR count). The number of fused-ring (bicyclic) bond motifs is 1. The molecular formula is C24H34N2O4. The van der Waals surface area contributed by atoms with Crippen LogP contribution in [-0.2, 0) is 16.0 Å². The smallest absolute Gasteiger partial charge is 0.335 e. The molecule has 0 unspecified atom stereocenters. The summed E-state index contributed by atoms with van der Waals surface area (Å²) in [7, 11) is 2.14. The summed E-state index contributed by atoms with van der Waals surface area (Å²) in [6, 6.07) is 14.2. The third kappa shape index (κ3) is 8.47. The molecule has 0 saturated carbocycles. The number of benzene rings is 2. The zero-order chi connectivity index (χ0) is 23.3. The molecule has 2 aromatic rings. The van der Waals surface area contributed by atoms with E-state index >= 15 is 0 Å². The average Bonchev–Trinajstić information content (AvgIpc) is 2.72. The van der Waals surface area contributed by atoms with Crippen LogP contribution in [0.1, 0.15) is 57.0 Å². The molecule has 1 heterocycles. The highest BCUT2D eigenvalue weighted by atomic mass is 16.4. The van der Waals surface area contributed by atoms with Crippen molar-refractivity contribution in [2.45, 2.75) is 53.5 Å². The van der Waals surface area contributed by atoms with Gasteiger partial charge in [0.1, 0.15) is 6.29 Å². The average molecular weight is 415 g/mol. The maximum atomic E-state index is 10.9. The fraction of sp³-hybridized carbons (Fsp3) is 0.375. The molecule has 30 heavy (non-hydrogen) atoms. The molecule has 0 spiro atoms. The molecule has 1 atom stereocenters. The molecular weight excluding hydrogens is 380 g/mol. The van der Waals surface area contributed by atoms with Crippen LogP contribution in [-0.4, -0.2) is 36.4 Å². The highest BCUT2D eigenvalue weighted by Crippen LogP contribution is 2.33. The van der Waals surface area contributed by atoms with Crippen molar-refractivity contribution in [3.8, 4) is 11.1 Å². The van der Waals surface area contributed by atoms with Gasteiger partial charge in [0.15, 0.2) is 0 Å². The number of nitrogens with zero attached hydrogens (tertiary/aromatic N) is 1. The van der Waals surface area contributed by atoms with Crippen LogP contribution in [0.25, 0.3) is 11.1 Å². The van der Waals surface area contributed by atoms with Crippen LogP contribution < -0.4 is 10.6 Å². The Bertz CT molecular complexity index is 812. The van der Waals surface area contributed by atoms with Crippen molar-refractivity contribution in [1.82, 2.24) is 0 Å². The molecule has 0 radical (unpaired) electrons. The lowest BCUT2D eigenvalue weighted by atomic mass is 9.93. The summed E-state index contributed by atoms with van der Waals surface area (Å²) >= 11 is 0. The lowest BCUT2D eigenvalue weighted by Crippen LogP contribution is -2.33. The van der Waals surface area contributed by atoms with Crippen molar-refractivity contribution in [3.63, 3.8) is 0 Å². The largest absolute Gasteiger partial charge is 0.478 e. The van der Waals surface area contributed by atoms with Gasteiger partial charge in [-0.25, -0.2) is 4.79 Å². The second kappa shape index (κ2) is 13.9. The van der Waals surface area contributed by atoms with Crippen molar-refractivity contribution in [2.75, 3.05) is 11.9 Å². The van der Waals surface area contributed by atoms with Crippen molar-refractivity contribution >= 4 is 23.9 Å². The fourth-order valence-corrected chi connectivity index (χ4v) is 2.91. The van der Waals surface area contributed by atoms with E-state index in [2.05, 4.69) is 42.8 Å². The van der Waals surface area contributed by atoms with E-state index in [0.717, 1.165) is 23.8 Å². The number of carboxylic acid groups (broad SMARTS) is 1. The molecule has 164 valence electrons. The maximum Gasteiger partial charge on any atom is 0.335 e. The van der Waals surface area contributed by atoms with Gasteiger partial charge in [-0.3, -0.25) is 4.79 Å². The molecule has 6 nitrogen and oxygen atoms in total. The van der Waals surface area contributed by atoms with E-state index in [-0.39, 0.29) is 5.91 Å². The molecule has 1 aliphatic rings. The van der Waals surface area contributed by atoms with Crippen molar-refractivity contribution in [1.29, 1.82) is 0 Å². The monoisotopic (exact) mass is 414 g/mol. The number of anilines is 1. The zero-order valence-electron chi connectivity index (χ0n) is 18.8. The van der Waals surface area contributed by atoms with E-state index in [1.54, 1.807) is 12.1 Å². The third-order valence-electron chi connectivity index (χ3n) is 4.42. The number of nitrogens with two attached hydrogens (primary N) is 1. The highest BCUT2D eigenvalue weighted by molar-refractivity contribution is 5.88. The van der Waals surface area contributed by atoms with Crippen LogP contribution in [0, 0.1) is 0 Å². The summed E-state index contributed by atoms with van der Waals surface area (Å²) < 4.78 is 0. The van der Waals surface area contributed by atoms with E-state index in [1.165, 1.54) is 31.5 Å². The Morgan fingerprint density at radius 2 is 1.57 bits per heavy atom. The quantitative estimate of drug-likeness (QED) is 0.702. The molecule has 0 saturated heterocycles. The molecule has 0 aliphatic carbocycles. The van der Waals surface area contributed by atoms with Gasteiger partial charge < -0.3 is 20.5 Å². The minimum atomic E-state index is -0.886. The van der Waals surface area contributed by atoms with Gasteiger partial charge in [-0.1, -0.05) is 32.0 Å². The predicted octanol–water partition coefficient (Wildman–Crippen LogP) is 4.55. The predicted molar refractivity (Wildman–Crippen MR) is 123 cm³/mol. The number of aldehydes is 1. The Balaban J connectivity index is 0.000000806. The number of primary amides is 1. The Hall–Kier alpha value is -3.15. The van der Waals surface area contributed by atoms with E-state index in [0.29, 0.717) is 11.6 Å². The van der Waals surface area contributed by atoms with Gasteiger partial charge in [-0.15, -0.1) is 0 Å². The van der Waals surface area contributed by atoms with Crippen molar-refractivity contribution in [2.24, 2.45) is 5.73 Å². The van der Waals surface area contributed by atoms with Crippen LogP contribution >= 0.6 is 0 Å². The van der Waals surface area contributed by atoms with Crippen LogP contribution in [0.3, 0.4) is 0 Å². The number of aryl methyl sites for hydroxylation is 1. The molecule has 3 N–H and O–H groups in total. The standard InChI is InChI=1S/C18H19NO2.C2H5NO.C2H4O.C2H6/c1-12-3-4-16-11-15(9-10-17(16)19(12)2)13-5-7-14(8-6-13)18(20)21;1-2(3)4;1-2-3;1-2/h5-12H,3-4H2,1-2H3,(H,20,21);1H3,(H2,3,4);2H,1H3;1-2H3/t12-;;;/m0.../s1.